The topological polar surface area (TPSA) is 361 Å². The molecule has 472 valence electrons. The van der Waals surface area contributed by atoms with Gasteiger partial charge in [0, 0.05) is 70.9 Å². The number of aliphatic hydroxyl groups excluding tert-OH is 2. The van der Waals surface area contributed by atoms with Gasteiger partial charge in [-0.2, -0.15) is 0 Å². The van der Waals surface area contributed by atoms with Crippen LogP contribution in [0.5, 0.6) is 5.75 Å². The fourth-order valence-electron chi connectivity index (χ4n) is 7.34. The standard InChI is InChI=1S/C26H40N2O7.C17H27NO4.C14H30N2O3.C2H6N2.CH4O/c1-20(18-29)16-22(19-30)28-25(32)13-14-27-24(31)12-7-5-3-2-4-6-8-15-35-23-11-9-10-21(17-23)26(33)34;18-16(19)11-6-4-2-1-3-5-7-12-22-15-10-8-9-14(13-15)17(20)21;1-5-6-7-16-13(17)14(2,3)12-19-11-10-18-9-8-15-4;3-1-2-4;1-2/h9-11,17,19-20,22,29H,2-8,12-16,18H2,1H3,(H,27,31)(H,28,32)(H,33,34);10,13H,1-9,11-12H2,(H2,18,19)(H,20,21);15H,5-12H2,1-4H3,(H,16,17);1,3H,2,4H2;2H,1H3. The van der Waals surface area contributed by atoms with E-state index in [1.807, 2.05) is 27.0 Å². The molecule has 2 atom stereocenters. The number of benzene rings is 1. The Morgan fingerprint density at radius 1 is 0.744 bits per heavy atom. The summed E-state index contributed by atoms with van der Waals surface area (Å²) in [5.74, 6) is -1.18. The Hall–Kier alpha value is -5.78. The molecule has 13 N–H and O–H groups in total. The first-order valence-electron chi connectivity index (χ1n) is 29.3. The van der Waals surface area contributed by atoms with Gasteiger partial charge < -0.3 is 82.3 Å². The fourth-order valence-corrected chi connectivity index (χ4v) is 7.34. The van der Waals surface area contributed by atoms with Crippen molar-refractivity contribution in [2.75, 3.05) is 86.6 Å². The number of ether oxygens (including phenoxy) is 4. The lowest BCUT2D eigenvalue weighted by atomic mass is 9.93. The number of nitrogens with two attached hydrogens (primary N) is 2. The molecule has 0 aliphatic heterocycles. The Bertz CT molecular complexity index is 1900. The van der Waals surface area contributed by atoms with E-state index in [4.69, 9.17) is 56.3 Å². The number of allylic oxidation sites excluding steroid dienone is 2. The minimum atomic E-state index is -0.968. The number of unbranched alkanes of at least 4 members (excludes halogenated alkanes) is 13. The zero-order valence-electron chi connectivity index (χ0n) is 50.5. The van der Waals surface area contributed by atoms with Gasteiger partial charge in [-0.1, -0.05) is 90.5 Å². The van der Waals surface area contributed by atoms with Crippen molar-refractivity contribution in [3.8, 4) is 5.75 Å². The van der Waals surface area contributed by atoms with Crippen LogP contribution in [0.3, 0.4) is 0 Å². The number of carbonyl (C=O) groups excluding carboxylic acids is 5. The summed E-state index contributed by atoms with van der Waals surface area (Å²) in [6.45, 7) is 13.2. The maximum atomic E-state index is 11.9. The summed E-state index contributed by atoms with van der Waals surface area (Å²) in [5, 5.41) is 51.4. The van der Waals surface area contributed by atoms with Gasteiger partial charge >= 0.3 is 11.9 Å². The minimum Gasteiger partial charge on any atom is -0.494 e. The van der Waals surface area contributed by atoms with Gasteiger partial charge in [0.05, 0.1) is 56.7 Å². The quantitative estimate of drug-likeness (QED) is 0.0182. The number of carboxylic acids is 2. The van der Waals surface area contributed by atoms with Crippen LogP contribution < -0.4 is 37.5 Å². The smallest absolute Gasteiger partial charge is 0.335 e. The first kappa shape index (κ1) is 80.4. The van der Waals surface area contributed by atoms with Crippen LogP contribution >= 0.6 is 0 Å². The fraction of sp³-hybridized carbons (Fsp3) is 0.700. The number of nitrogens with one attached hydrogen (secondary N) is 5. The maximum Gasteiger partial charge on any atom is 0.335 e. The number of amides is 4. The molecule has 0 saturated carbocycles. The van der Waals surface area contributed by atoms with Crippen molar-refractivity contribution in [2.45, 2.75) is 175 Å². The Morgan fingerprint density at radius 2 is 1.33 bits per heavy atom. The molecule has 2 unspecified atom stereocenters. The molecule has 0 saturated heterocycles. The number of hydrogen-bond acceptors (Lipinski definition) is 16. The van der Waals surface area contributed by atoms with Crippen molar-refractivity contribution in [3.05, 3.63) is 53.3 Å². The van der Waals surface area contributed by atoms with Crippen LogP contribution in [0.25, 0.3) is 0 Å². The number of aliphatic carboxylic acids is 1. The maximum absolute atomic E-state index is 11.9. The lowest BCUT2D eigenvalue weighted by molar-refractivity contribution is -0.133. The zero-order chi connectivity index (χ0) is 62.1. The van der Waals surface area contributed by atoms with E-state index in [2.05, 4.69) is 28.2 Å². The molecule has 1 aromatic carbocycles. The Balaban J connectivity index is -0.00000114. The third kappa shape index (κ3) is 51.1. The summed E-state index contributed by atoms with van der Waals surface area (Å²) in [6, 6.07) is 5.86. The first-order valence-corrected chi connectivity index (χ1v) is 29.3. The van der Waals surface area contributed by atoms with E-state index in [0.29, 0.717) is 95.2 Å². The van der Waals surface area contributed by atoms with Crippen molar-refractivity contribution in [2.24, 2.45) is 22.8 Å². The minimum absolute atomic E-state index is 0.0435. The van der Waals surface area contributed by atoms with Crippen molar-refractivity contribution in [1.82, 2.24) is 21.3 Å². The van der Waals surface area contributed by atoms with Crippen LogP contribution in [-0.4, -0.2) is 161 Å². The van der Waals surface area contributed by atoms with Crippen molar-refractivity contribution < 1.29 is 72.9 Å². The van der Waals surface area contributed by atoms with E-state index < -0.39 is 23.4 Å². The van der Waals surface area contributed by atoms with Gasteiger partial charge in [-0.25, -0.2) is 9.59 Å². The summed E-state index contributed by atoms with van der Waals surface area (Å²) in [6.07, 6.45) is 24.7. The molecule has 0 bridgehead atoms. The molecule has 82 heavy (non-hydrogen) atoms. The molecule has 0 radical (unpaired) electrons. The van der Waals surface area contributed by atoms with Crippen molar-refractivity contribution in [1.29, 1.82) is 5.41 Å². The number of aliphatic hydroxyl groups is 2. The molecule has 1 aromatic rings. The summed E-state index contributed by atoms with van der Waals surface area (Å²) in [7, 11) is 2.89. The van der Waals surface area contributed by atoms with E-state index in [0.717, 1.165) is 129 Å². The second kappa shape index (κ2) is 57.1. The molecule has 0 heterocycles. The number of rotatable bonds is 45. The van der Waals surface area contributed by atoms with E-state index in [1.165, 1.54) is 18.6 Å². The van der Waals surface area contributed by atoms with E-state index in [9.17, 15) is 33.6 Å². The molecular formula is C60H107N7O15. The average Bonchev–Trinajstić information content (AvgIpc) is 3.49. The summed E-state index contributed by atoms with van der Waals surface area (Å²) in [5.41, 5.74) is 10.0. The molecule has 2 rings (SSSR count). The predicted octanol–water partition coefficient (Wildman–Crippen LogP) is 6.78. The molecule has 0 aromatic heterocycles. The molecular weight excluding hydrogens is 1060 g/mol. The predicted molar refractivity (Wildman–Crippen MR) is 321 cm³/mol. The van der Waals surface area contributed by atoms with E-state index in [-0.39, 0.29) is 54.7 Å². The third-order valence-electron chi connectivity index (χ3n) is 12.1. The lowest BCUT2D eigenvalue weighted by Crippen LogP contribution is -2.40. The molecule has 22 nitrogen and oxygen atoms in total. The number of aldehydes is 1. The van der Waals surface area contributed by atoms with Crippen molar-refractivity contribution in [3.63, 3.8) is 0 Å². The number of hydrogen-bond donors (Lipinski definition) is 11. The number of carbonyl (C=O) groups is 7. The molecule has 4 amide bonds. The largest absolute Gasteiger partial charge is 0.494 e. The van der Waals surface area contributed by atoms with Crippen LogP contribution in [0.4, 0.5) is 0 Å². The number of primary amides is 1. The van der Waals surface area contributed by atoms with Crippen LogP contribution in [0.15, 0.2) is 47.7 Å². The SMILES string of the molecule is CC(CO)CC(C=O)NC(=O)CCNC(=O)CCCCCCCCCOc1cccc(C(=O)O)c1.CCCCNC(=O)C(C)(C)COCCOCCNC.CO.N=CCN.NC(=O)CCCCCCCCCOC1=CCCC(C(=O)O)=C1. The van der Waals surface area contributed by atoms with Crippen LogP contribution in [0.1, 0.15) is 179 Å². The number of carboxylic acid groups (broad SMARTS) is 2. The van der Waals surface area contributed by atoms with Crippen LogP contribution in [-0.2, 0) is 43.0 Å². The van der Waals surface area contributed by atoms with Gasteiger partial charge in [0.2, 0.25) is 23.6 Å². The van der Waals surface area contributed by atoms with Gasteiger partial charge in [0.25, 0.3) is 0 Å². The third-order valence-corrected chi connectivity index (χ3v) is 12.1. The zero-order valence-corrected chi connectivity index (χ0v) is 50.5. The van der Waals surface area contributed by atoms with Gasteiger partial charge in [0.1, 0.15) is 17.8 Å². The molecule has 1 aliphatic carbocycles. The van der Waals surface area contributed by atoms with Crippen LogP contribution in [0.2, 0.25) is 0 Å². The Morgan fingerprint density at radius 3 is 1.88 bits per heavy atom. The Labute approximate surface area is 489 Å². The Kier molecular flexibility index (Phi) is 56.0. The number of likely N-dealkylation sites (N-methyl/N-ethyl adjacent to an activating group) is 1. The molecule has 1 aliphatic rings. The summed E-state index contributed by atoms with van der Waals surface area (Å²) in [4.78, 5) is 79.1. The molecule has 22 heteroatoms. The highest BCUT2D eigenvalue weighted by molar-refractivity contribution is 5.88. The van der Waals surface area contributed by atoms with Gasteiger partial charge in [-0.15, -0.1) is 0 Å². The normalized spacial score (nSPS) is 12.2. The second-order valence-electron chi connectivity index (χ2n) is 20.2. The first-order chi connectivity index (χ1) is 39.4. The van der Waals surface area contributed by atoms with Gasteiger partial charge in [-0.3, -0.25) is 19.2 Å². The summed E-state index contributed by atoms with van der Waals surface area (Å²) >= 11 is 0. The summed E-state index contributed by atoms with van der Waals surface area (Å²) < 4.78 is 22.0. The molecule has 0 spiro atoms. The monoisotopic (exact) mass is 1170 g/mol. The van der Waals surface area contributed by atoms with Gasteiger partial charge in [0.15, 0.2) is 0 Å². The van der Waals surface area contributed by atoms with Gasteiger partial charge in [-0.05, 0) is 109 Å². The van der Waals surface area contributed by atoms with Crippen molar-refractivity contribution >= 4 is 48.1 Å². The van der Waals surface area contributed by atoms with E-state index in [1.54, 1.807) is 25.1 Å². The highest BCUT2D eigenvalue weighted by Crippen LogP contribution is 2.20. The number of aromatic carboxylic acids is 1. The lowest BCUT2D eigenvalue weighted by Gasteiger charge is -2.23. The average molecular weight is 1170 g/mol. The van der Waals surface area contributed by atoms with Crippen LogP contribution in [0, 0.1) is 16.7 Å². The molecule has 0 fully saturated rings. The van der Waals surface area contributed by atoms with E-state index >= 15 is 0 Å². The highest BCUT2D eigenvalue weighted by atomic mass is 16.5. The highest BCUT2D eigenvalue weighted by Gasteiger charge is 2.27. The second-order valence-corrected chi connectivity index (χ2v) is 20.2.